The number of thioether (sulfide) groups is 1. The molecule has 2 heterocycles. The fourth-order valence-corrected chi connectivity index (χ4v) is 2.66. The maximum Gasteiger partial charge on any atom is 0.255 e. The van der Waals surface area contributed by atoms with Gasteiger partial charge in [-0.1, -0.05) is 55.9 Å². The second-order valence-electron chi connectivity index (χ2n) is 5.09. The normalized spacial score (nSPS) is 11.4. The van der Waals surface area contributed by atoms with Gasteiger partial charge in [-0.05, 0) is 17.7 Å². The van der Waals surface area contributed by atoms with E-state index in [0.717, 1.165) is 16.8 Å². The van der Waals surface area contributed by atoms with Gasteiger partial charge in [0.1, 0.15) is 5.82 Å². The van der Waals surface area contributed by atoms with Gasteiger partial charge in [-0.3, -0.25) is 0 Å². The van der Waals surface area contributed by atoms with Crippen LogP contribution in [0.5, 0.6) is 0 Å². The number of aromatic nitrogens is 4. The van der Waals surface area contributed by atoms with E-state index < -0.39 is 0 Å². The lowest BCUT2D eigenvalue weighted by Gasteiger charge is -2.14. The molecule has 0 aliphatic rings. The minimum absolute atomic E-state index is 0.252. The second kappa shape index (κ2) is 5.37. The van der Waals surface area contributed by atoms with Crippen molar-refractivity contribution in [2.24, 2.45) is 0 Å². The number of anilines is 1. The van der Waals surface area contributed by atoms with Crippen LogP contribution in [0.15, 0.2) is 35.5 Å². The molecule has 2 aromatic heterocycles. The van der Waals surface area contributed by atoms with Crippen LogP contribution in [0.1, 0.15) is 25.5 Å². The van der Waals surface area contributed by atoms with E-state index >= 15 is 0 Å². The second-order valence-corrected chi connectivity index (χ2v) is 5.86. The fourth-order valence-electron chi connectivity index (χ4n) is 2.33. The van der Waals surface area contributed by atoms with Gasteiger partial charge >= 0.3 is 0 Å². The first-order valence-corrected chi connectivity index (χ1v) is 8.00. The van der Waals surface area contributed by atoms with E-state index in [9.17, 15) is 0 Å². The third-order valence-corrected chi connectivity index (χ3v) is 3.86. The van der Waals surface area contributed by atoms with Crippen LogP contribution in [0.2, 0.25) is 0 Å². The summed E-state index contributed by atoms with van der Waals surface area (Å²) < 4.78 is 1.63. The van der Waals surface area contributed by atoms with Crippen LogP contribution in [0.25, 0.3) is 16.9 Å². The molecule has 0 aliphatic heterocycles. The Balaban J connectivity index is 2.35. The van der Waals surface area contributed by atoms with Crippen LogP contribution in [-0.4, -0.2) is 25.8 Å². The van der Waals surface area contributed by atoms with Crippen molar-refractivity contribution >= 4 is 23.4 Å². The van der Waals surface area contributed by atoms with Crippen LogP contribution in [-0.2, 0) is 0 Å². The molecule has 0 atom stereocenters. The molecule has 0 spiro atoms. The van der Waals surface area contributed by atoms with Gasteiger partial charge in [0.05, 0.1) is 5.69 Å². The summed E-state index contributed by atoms with van der Waals surface area (Å²) in [6.45, 7) is 4.22. The molecule has 3 rings (SSSR count). The molecule has 0 saturated carbocycles. The van der Waals surface area contributed by atoms with Crippen molar-refractivity contribution in [1.29, 1.82) is 0 Å². The Bertz CT molecular complexity index is 780. The number of rotatable bonds is 3. The SMILES string of the molecule is CSc1nc2nc(C(C)C)c(-c3ccccc3)c(N)n2n1. The summed E-state index contributed by atoms with van der Waals surface area (Å²) in [5.41, 5.74) is 9.31. The maximum absolute atomic E-state index is 6.37. The maximum atomic E-state index is 6.37. The zero-order valence-electron chi connectivity index (χ0n) is 12.2. The lowest BCUT2D eigenvalue weighted by Crippen LogP contribution is -2.08. The van der Waals surface area contributed by atoms with Crippen LogP contribution in [0.4, 0.5) is 5.82 Å². The Labute approximate surface area is 127 Å². The van der Waals surface area contributed by atoms with E-state index in [4.69, 9.17) is 5.73 Å². The zero-order valence-corrected chi connectivity index (χ0v) is 13.1. The average molecular weight is 299 g/mol. The minimum atomic E-state index is 0.252. The Morgan fingerprint density at radius 1 is 1.14 bits per heavy atom. The molecule has 6 heteroatoms. The van der Waals surface area contributed by atoms with Crippen LogP contribution in [0.3, 0.4) is 0 Å². The molecular formula is C15H17N5S. The molecule has 0 bridgehead atoms. The molecule has 0 fully saturated rings. The van der Waals surface area contributed by atoms with Gasteiger partial charge in [0.15, 0.2) is 0 Å². The average Bonchev–Trinajstić information content (AvgIpc) is 2.91. The van der Waals surface area contributed by atoms with Crippen LogP contribution >= 0.6 is 11.8 Å². The number of hydrogen-bond acceptors (Lipinski definition) is 5. The summed E-state index contributed by atoms with van der Waals surface area (Å²) >= 11 is 1.48. The summed E-state index contributed by atoms with van der Waals surface area (Å²) in [7, 11) is 0. The van der Waals surface area contributed by atoms with E-state index in [-0.39, 0.29) is 5.92 Å². The molecule has 0 aliphatic carbocycles. The first-order chi connectivity index (χ1) is 10.1. The van der Waals surface area contributed by atoms with Crippen LogP contribution in [0, 0.1) is 0 Å². The molecule has 0 radical (unpaired) electrons. The van der Waals surface area contributed by atoms with Gasteiger partial charge in [0, 0.05) is 5.56 Å². The van der Waals surface area contributed by atoms with E-state index in [1.165, 1.54) is 11.8 Å². The summed E-state index contributed by atoms with van der Waals surface area (Å²) in [5.74, 6) is 1.39. The van der Waals surface area contributed by atoms with Crippen molar-refractivity contribution in [3.8, 4) is 11.1 Å². The number of nitrogen functional groups attached to an aromatic ring is 1. The third kappa shape index (κ3) is 2.35. The molecule has 3 aromatic rings. The molecule has 2 N–H and O–H groups in total. The van der Waals surface area contributed by atoms with Crippen molar-refractivity contribution in [1.82, 2.24) is 19.6 Å². The molecule has 5 nitrogen and oxygen atoms in total. The Morgan fingerprint density at radius 2 is 1.86 bits per heavy atom. The predicted molar refractivity (Wildman–Crippen MR) is 86.5 cm³/mol. The molecule has 0 amide bonds. The Hall–Kier alpha value is -2.08. The molecule has 1 aromatic carbocycles. The van der Waals surface area contributed by atoms with Crippen molar-refractivity contribution in [3.63, 3.8) is 0 Å². The lowest BCUT2D eigenvalue weighted by molar-refractivity contribution is 0.811. The quantitative estimate of drug-likeness (QED) is 0.752. The first kappa shape index (κ1) is 13.9. The zero-order chi connectivity index (χ0) is 15.0. The van der Waals surface area contributed by atoms with Gasteiger partial charge in [0.2, 0.25) is 5.16 Å². The summed E-state index contributed by atoms with van der Waals surface area (Å²) in [5, 5.41) is 5.07. The largest absolute Gasteiger partial charge is 0.383 e. The lowest BCUT2D eigenvalue weighted by atomic mass is 9.98. The van der Waals surface area contributed by atoms with Gasteiger partial charge in [-0.2, -0.15) is 9.50 Å². The third-order valence-electron chi connectivity index (χ3n) is 3.32. The number of fused-ring (bicyclic) bond motifs is 1. The number of hydrogen-bond donors (Lipinski definition) is 1. The van der Waals surface area contributed by atoms with Crippen molar-refractivity contribution in [3.05, 3.63) is 36.0 Å². The van der Waals surface area contributed by atoms with Crippen molar-refractivity contribution in [2.75, 3.05) is 12.0 Å². The van der Waals surface area contributed by atoms with Gasteiger partial charge in [0.25, 0.3) is 5.78 Å². The summed E-state index contributed by atoms with van der Waals surface area (Å²) in [6.07, 6.45) is 1.94. The van der Waals surface area contributed by atoms with E-state index in [1.54, 1.807) is 4.52 Å². The van der Waals surface area contributed by atoms with E-state index in [0.29, 0.717) is 16.8 Å². The smallest absolute Gasteiger partial charge is 0.255 e. The molecule has 0 saturated heterocycles. The molecule has 108 valence electrons. The standard InChI is InChI=1S/C15H17N5S/c1-9(2)12-11(10-7-5-4-6-8-10)13(16)20-14(17-12)18-15(19-20)21-3/h4-9H,16H2,1-3H3. The van der Waals surface area contributed by atoms with Crippen molar-refractivity contribution in [2.45, 2.75) is 24.9 Å². The number of benzene rings is 1. The fraction of sp³-hybridized carbons (Fsp3) is 0.267. The predicted octanol–water partition coefficient (Wildman–Crippen LogP) is 3.22. The number of nitrogens with zero attached hydrogens (tertiary/aromatic N) is 4. The Kier molecular flexibility index (Phi) is 3.55. The summed E-state index contributed by atoms with van der Waals surface area (Å²) in [4.78, 5) is 9.07. The number of nitrogens with two attached hydrogens (primary N) is 1. The minimum Gasteiger partial charge on any atom is -0.383 e. The first-order valence-electron chi connectivity index (χ1n) is 6.77. The topological polar surface area (TPSA) is 69.1 Å². The highest BCUT2D eigenvalue weighted by molar-refractivity contribution is 7.98. The molecule has 21 heavy (non-hydrogen) atoms. The van der Waals surface area contributed by atoms with Gasteiger partial charge in [-0.25, -0.2) is 4.98 Å². The van der Waals surface area contributed by atoms with E-state index in [2.05, 4.69) is 28.9 Å². The monoisotopic (exact) mass is 299 g/mol. The summed E-state index contributed by atoms with van der Waals surface area (Å²) in [6, 6.07) is 10.1. The highest BCUT2D eigenvalue weighted by Crippen LogP contribution is 2.33. The Morgan fingerprint density at radius 3 is 2.48 bits per heavy atom. The van der Waals surface area contributed by atoms with Gasteiger partial charge < -0.3 is 5.73 Å². The van der Waals surface area contributed by atoms with E-state index in [1.807, 2.05) is 36.6 Å². The van der Waals surface area contributed by atoms with Gasteiger partial charge in [-0.15, -0.1) is 5.10 Å². The highest BCUT2D eigenvalue weighted by Gasteiger charge is 2.19. The highest BCUT2D eigenvalue weighted by atomic mass is 32.2. The van der Waals surface area contributed by atoms with Crippen molar-refractivity contribution < 1.29 is 0 Å². The molecular weight excluding hydrogens is 282 g/mol. The molecule has 0 unspecified atom stereocenters. The van der Waals surface area contributed by atoms with Crippen LogP contribution < -0.4 is 5.73 Å².